The van der Waals surface area contributed by atoms with Gasteiger partial charge < -0.3 is 26.0 Å². The van der Waals surface area contributed by atoms with Gasteiger partial charge in [0.05, 0.1) is 24.0 Å². The molecule has 2 aliphatic rings. The highest BCUT2D eigenvalue weighted by molar-refractivity contribution is 5.77. The highest BCUT2D eigenvalue weighted by Gasteiger charge is 2.52. The van der Waals surface area contributed by atoms with E-state index in [2.05, 4.69) is 15.6 Å². The van der Waals surface area contributed by atoms with Gasteiger partial charge in [-0.2, -0.15) is 13.2 Å². The predicted octanol–water partition coefficient (Wildman–Crippen LogP) is 3.34. The molecule has 1 aromatic heterocycles. The van der Waals surface area contributed by atoms with E-state index in [4.69, 9.17) is 10.5 Å². The number of nitrogens with one attached hydrogen (secondary N) is 2. The first-order valence-corrected chi connectivity index (χ1v) is 9.42. The number of ether oxygens (including phenoxy) is 1. The topological polar surface area (TPSA) is 75.4 Å². The van der Waals surface area contributed by atoms with E-state index in [0.717, 1.165) is 11.6 Å². The minimum Gasteiger partial charge on any atom is -0.480 e. The van der Waals surface area contributed by atoms with Crippen LogP contribution in [0, 0.1) is 6.92 Å². The van der Waals surface area contributed by atoms with Gasteiger partial charge in [-0.25, -0.2) is 4.98 Å². The summed E-state index contributed by atoms with van der Waals surface area (Å²) in [5, 5.41) is 6.35. The van der Waals surface area contributed by atoms with Crippen molar-refractivity contribution in [1.29, 1.82) is 0 Å². The van der Waals surface area contributed by atoms with Gasteiger partial charge in [0.1, 0.15) is 5.69 Å². The number of hydrogen-bond donors (Lipinski definition) is 3. The van der Waals surface area contributed by atoms with Crippen LogP contribution in [-0.2, 0) is 6.18 Å². The molecule has 0 spiro atoms. The van der Waals surface area contributed by atoms with Gasteiger partial charge in [-0.1, -0.05) is 0 Å². The highest BCUT2D eigenvalue weighted by Crippen LogP contribution is 2.53. The number of rotatable bonds is 3. The Hall–Kier alpha value is -2.52. The second kappa shape index (κ2) is 6.77. The number of pyridine rings is 1. The van der Waals surface area contributed by atoms with Gasteiger partial charge in [0.2, 0.25) is 5.88 Å². The van der Waals surface area contributed by atoms with E-state index in [-0.39, 0.29) is 11.6 Å². The van der Waals surface area contributed by atoms with E-state index in [1.165, 1.54) is 7.11 Å². The zero-order chi connectivity index (χ0) is 21.0. The van der Waals surface area contributed by atoms with Gasteiger partial charge in [-0.05, 0) is 49.2 Å². The summed E-state index contributed by atoms with van der Waals surface area (Å²) in [4.78, 5) is 5.75. The molecule has 29 heavy (non-hydrogen) atoms. The molecule has 4 rings (SSSR count). The minimum absolute atomic E-state index is 0.161. The molecule has 0 amide bonds. The van der Waals surface area contributed by atoms with Crippen molar-refractivity contribution in [2.24, 2.45) is 5.73 Å². The summed E-state index contributed by atoms with van der Waals surface area (Å²) in [6.07, 6.45) is -2.35. The second-order valence-electron chi connectivity index (χ2n) is 7.65. The number of aryl methyl sites for hydroxylation is 1. The van der Waals surface area contributed by atoms with Crippen molar-refractivity contribution in [3.63, 3.8) is 0 Å². The molecule has 156 valence electrons. The maximum absolute atomic E-state index is 14.0. The van der Waals surface area contributed by atoms with Crippen molar-refractivity contribution in [1.82, 2.24) is 10.3 Å². The Labute approximate surface area is 167 Å². The molecule has 0 unspecified atom stereocenters. The largest absolute Gasteiger partial charge is 0.480 e. The molecule has 2 aromatic rings. The Balaban J connectivity index is 1.87. The van der Waals surface area contributed by atoms with Crippen molar-refractivity contribution in [3.05, 3.63) is 41.1 Å². The van der Waals surface area contributed by atoms with E-state index in [0.29, 0.717) is 42.3 Å². The van der Waals surface area contributed by atoms with Crippen LogP contribution in [0.5, 0.6) is 5.88 Å². The Morgan fingerprint density at radius 3 is 2.83 bits per heavy atom. The Kier molecular flexibility index (Phi) is 4.62. The van der Waals surface area contributed by atoms with Crippen LogP contribution in [0.2, 0.25) is 0 Å². The number of likely N-dealkylation sites (N-methyl/N-ethyl adjacent to an activating group) is 1. The smallest absolute Gasteiger partial charge is 0.418 e. The SMILES string of the molecule is COc1nccc(C)c1Nc1cc2c(c(C(F)(F)F)c1)N(C)[C@@]1(N)CCNC[C@@H]21. The first-order valence-electron chi connectivity index (χ1n) is 9.42. The summed E-state index contributed by atoms with van der Waals surface area (Å²) < 4.78 is 47.3. The molecule has 1 aromatic carbocycles. The number of benzene rings is 1. The Morgan fingerprint density at radius 2 is 2.14 bits per heavy atom. The molecule has 6 nitrogen and oxygen atoms in total. The zero-order valence-corrected chi connectivity index (χ0v) is 16.5. The van der Waals surface area contributed by atoms with E-state index in [1.54, 1.807) is 30.3 Å². The van der Waals surface area contributed by atoms with Crippen molar-refractivity contribution < 1.29 is 17.9 Å². The number of anilines is 3. The van der Waals surface area contributed by atoms with Crippen LogP contribution in [0.25, 0.3) is 0 Å². The number of nitrogens with two attached hydrogens (primary N) is 1. The fraction of sp³-hybridized carbons (Fsp3) is 0.450. The summed E-state index contributed by atoms with van der Waals surface area (Å²) in [7, 11) is 3.13. The van der Waals surface area contributed by atoms with Crippen molar-refractivity contribution >= 4 is 17.1 Å². The van der Waals surface area contributed by atoms with Gasteiger partial charge in [0.15, 0.2) is 0 Å². The fourth-order valence-electron chi connectivity index (χ4n) is 4.44. The standard InChI is InChI=1S/C20H24F3N5O/c1-11-4-6-26-18(29-3)16(11)27-12-8-13-15-10-25-7-5-19(15,24)28(2)17(13)14(9-12)20(21,22)23/h4,6,8-9,15,25,27H,5,7,10,24H2,1-3H3/t15-,19-/m0/s1. The molecule has 1 fully saturated rings. The predicted molar refractivity (Wildman–Crippen MR) is 106 cm³/mol. The van der Waals surface area contributed by atoms with Gasteiger partial charge in [0.25, 0.3) is 0 Å². The monoisotopic (exact) mass is 407 g/mol. The number of aromatic nitrogens is 1. The molecule has 4 N–H and O–H groups in total. The van der Waals surface area contributed by atoms with Crippen LogP contribution in [-0.4, -0.2) is 37.9 Å². The van der Waals surface area contributed by atoms with Gasteiger partial charge in [0, 0.05) is 31.4 Å². The lowest BCUT2D eigenvalue weighted by Gasteiger charge is -2.42. The number of halogens is 3. The number of nitrogens with zero attached hydrogens (tertiary/aromatic N) is 2. The minimum atomic E-state index is -4.51. The molecule has 1 saturated heterocycles. The van der Waals surface area contributed by atoms with E-state index in [9.17, 15) is 13.2 Å². The quantitative estimate of drug-likeness (QED) is 0.725. The van der Waals surface area contributed by atoms with Gasteiger partial charge >= 0.3 is 6.18 Å². The molecule has 2 aliphatic heterocycles. The average molecular weight is 407 g/mol. The van der Waals surface area contributed by atoms with Crippen LogP contribution in [0.4, 0.5) is 30.2 Å². The first-order chi connectivity index (χ1) is 13.7. The zero-order valence-electron chi connectivity index (χ0n) is 16.5. The third kappa shape index (κ3) is 3.08. The molecule has 0 saturated carbocycles. The summed E-state index contributed by atoms with van der Waals surface area (Å²) in [6.45, 7) is 3.04. The summed E-state index contributed by atoms with van der Waals surface area (Å²) in [6, 6.07) is 4.67. The molecule has 3 heterocycles. The number of methoxy groups -OCH3 is 1. The van der Waals surface area contributed by atoms with Gasteiger partial charge in [-0.3, -0.25) is 0 Å². The van der Waals surface area contributed by atoms with Crippen molar-refractivity contribution in [2.45, 2.75) is 31.1 Å². The van der Waals surface area contributed by atoms with Crippen molar-refractivity contribution in [2.75, 3.05) is 37.5 Å². The second-order valence-corrected chi connectivity index (χ2v) is 7.65. The van der Waals surface area contributed by atoms with Crippen LogP contribution in [0.1, 0.15) is 29.0 Å². The maximum atomic E-state index is 14.0. The number of piperidine rings is 1. The fourth-order valence-corrected chi connectivity index (χ4v) is 4.44. The summed E-state index contributed by atoms with van der Waals surface area (Å²) in [5.74, 6) is 0.0830. The normalized spacial score (nSPS) is 23.6. The van der Waals surface area contributed by atoms with E-state index in [1.807, 2.05) is 6.92 Å². The molecule has 9 heteroatoms. The van der Waals surface area contributed by atoms with Crippen LogP contribution < -0.4 is 26.0 Å². The van der Waals surface area contributed by atoms with Gasteiger partial charge in [-0.15, -0.1) is 0 Å². The molecule has 0 aliphatic carbocycles. The third-order valence-electron chi connectivity index (χ3n) is 6.02. The van der Waals surface area contributed by atoms with E-state index >= 15 is 0 Å². The average Bonchev–Trinajstić information content (AvgIpc) is 2.89. The van der Waals surface area contributed by atoms with Crippen LogP contribution in [0.15, 0.2) is 24.4 Å². The first kappa shape index (κ1) is 19.8. The molecular weight excluding hydrogens is 383 g/mol. The lowest BCUT2D eigenvalue weighted by molar-refractivity contribution is -0.137. The molecule has 0 bridgehead atoms. The van der Waals surface area contributed by atoms with Crippen LogP contribution in [0.3, 0.4) is 0 Å². The molecule has 2 atom stereocenters. The lowest BCUT2D eigenvalue weighted by Crippen LogP contribution is -2.61. The number of fused-ring (bicyclic) bond motifs is 3. The van der Waals surface area contributed by atoms with Crippen molar-refractivity contribution in [3.8, 4) is 5.88 Å². The summed E-state index contributed by atoms with van der Waals surface area (Å²) >= 11 is 0. The molecular formula is C20H24F3N5O. The summed E-state index contributed by atoms with van der Waals surface area (Å²) in [5.41, 5.74) is 7.52. The lowest BCUT2D eigenvalue weighted by atomic mass is 9.84. The maximum Gasteiger partial charge on any atom is 0.418 e. The molecule has 0 radical (unpaired) electrons. The Bertz CT molecular complexity index is 948. The van der Waals surface area contributed by atoms with Crippen LogP contribution >= 0.6 is 0 Å². The third-order valence-corrected chi connectivity index (χ3v) is 6.02. The number of hydrogen-bond acceptors (Lipinski definition) is 6. The Morgan fingerprint density at radius 1 is 1.38 bits per heavy atom. The van der Waals surface area contributed by atoms with E-state index < -0.39 is 17.4 Å². The highest BCUT2D eigenvalue weighted by atomic mass is 19.4. The number of alkyl halides is 3.